The molecule has 1 aromatic rings. The minimum absolute atomic E-state index is 0.0403. The highest BCUT2D eigenvalue weighted by Gasteiger charge is 2.09. The zero-order valence-electron chi connectivity index (χ0n) is 7.22. The molecule has 0 heterocycles. The molecule has 0 saturated heterocycles. The van der Waals surface area contributed by atoms with Crippen LogP contribution >= 0.6 is 11.6 Å². The van der Waals surface area contributed by atoms with Gasteiger partial charge in [-0.2, -0.15) is 14.0 Å². The highest BCUT2D eigenvalue weighted by atomic mass is 35.5. The van der Waals surface area contributed by atoms with E-state index in [1.807, 2.05) is 6.07 Å². The normalized spacial score (nSPS) is 10.0. The van der Waals surface area contributed by atoms with E-state index in [-0.39, 0.29) is 16.3 Å². The smallest absolute Gasteiger partial charge is 0.387 e. The molecule has 0 aliphatic carbocycles. The molecule has 0 unspecified atom stereocenters. The molecule has 1 aromatic carbocycles. The van der Waals surface area contributed by atoms with E-state index in [1.165, 1.54) is 12.1 Å². The number of alkyl halides is 2. The summed E-state index contributed by atoms with van der Waals surface area (Å²) in [5.41, 5.74) is 0.781. The number of hydrogen-bond donors (Lipinski definition) is 0. The van der Waals surface area contributed by atoms with Gasteiger partial charge in [0.1, 0.15) is 11.8 Å². The van der Waals surface area contributed by atoms with Crippen molar-refractivity contribution in [1.82, 2.24) is 0 Å². The lowest BCUT2D eigenvalue weighted by Crippen LogP contribution is -2.02. The minimum Gasteiger partial charge on any atom is -0.435 e. The SMILES string of the molecule is Cc1cc(OC(F)F)cc(Cl)c1C#N. The second-order valence-electron chi connectivity index (χ2n) is 2.59. The lowest BCUT2D eigenvalue weighted by Gasteiger charge is -2.07. The summed E-state index contributed by atoms with van der Waals surface area (Å²) in [6.07, 6.45) is 0. The van der Waals surface area contributed by atoms with Crippen molar-refractivity contribution >= 4 is 11.6 Å². The largest absolute Gasteiger partial charge is 0.435 e. The number of halogens is 3. The molecule has 0 radical (unpaired) electrons. The summed E-state index contributed by atoms with van der Waals surface area (Å²) in [6, 6.07) is 4.41. The van der Waals surface area contributed by atoms with Crippen LogP contribution in [0, 0.1) is 18.3 Å². The lowest BCUT2D eigenvalue weighted by molar-refractivity contribution is -0.0498. The number of ether oxygens (including phenoxy) is 1. The van der Waals surface area contributed by atoms with E-state index in [0.717, 1.165) is 0 Å². The Hall–Kier alpha value is -1.34. The fraction of sp³-hybridized carbons (Fsp3) is 0.222. The first-order chi connectivity index (χ1) is 6.54. The van der Waals surface area contributed by atoms with E-state index < -0.39 is 6.61 Å². The Bertz CT molecular complexity index is 364. The molecule has 14 heavy (non-hydrogen) atoms. The molecule has 0 N–H and O–H groups in total. The fourth-order valence-corrected chi connectivity index (χ4v) is 1.32. The first-order valence-electron chi connectivity index (χ1n) is 3.69. The number of aryl methyl sites for hydroxylation is 1. The Labute approximate surface area is 84.7 Å². The standard InChI is InChI=1S/C9H6ClF2NO/c1-5-2-6(14-9(11)12)3-8(10)7(5)4-13/h2-3,9H,1H3. The summed E-state index contributed by atoms with van der Waals surface area (Å²) >= 11 is 5.67. The first kappa shape index (κ1) is 10.7. The summed E-state index contributed by atoms with van der Waals surface area (Å²) in [6.45, 7) is -1.29. The molecule has 0 spiro atoms. The predicted octanol–water partition coefficient (Wildman–Crippen LogP) is 3.12. The third-order valence-corrected chi connectivity index (χ3v) is 1.90. The monoisotopic (exact) mass is 217 g/mol. The van der Waals surface area contributed by atoms with Gasteiger partial charge in [0, 0.05) is 6.07 Å². The molecular weight excluding hydrogens is 212 g/mol. The van der Waals surface area contributed by atoms with Crippen LogP contribution in [0.25, 0.3) is 0 Å². The number of nitrogens with zero attached hydrogens (tertiary/aromatic N) is 1. The van der Waals surface area contributed by atoms with Crippen molar-refractivity contribution in [1.29, 1.82) is 5.26 Å². The van der Waals surface area contributed by atoms with Gasteiger partial charge in [0.2, 0.25) is 0 Å². The average Bonchev–Trinajstić information content (AvgIpc) is 2.01. The van der Waals surface area contributed by atoms with Gasteiger partial charge in [-0.15, -0.1) is 0 Å². The van der Waals surface area contributed by atoms with Gasteiger partial charge in [0.15, 0.2) is 0 Å². The van der Waals surface area contributed by atoms with Gasteiger partial charge in [-0.3, -0.25) is 0 Å². The molecule has 0 atom stereocenters. The van der Waals surface area contributed by atoms with Crippen molar-refractivity contribution in [2.45, 2.75) is 13.5 Å². The molecular formula is C9H6ClF2NO. The summed E-state index contributed by atoms with van der Waals surface area (Å²) in [4.78, 5) is 0. The van der Waals surface area contributed by atoms with Crippen molar-refractivity contribution in [2.75, 3.05) is 0 Å². The molecule has 5 heteroatoms. The third kappa shape index (κ3) is 2.33. The zero-order chi connectivity index (χ0) is 10.7. The van der Waals surface area contributed by atoms with Gasteiger partial charge >= 0.3 is 6.61 Å². The maximum Gasteiger partial charge on any atom is 0.387 e. The Morgan fingerprint density at radius 3 is 2.57 bits per heavy atom. The van der Waals surface area contributed by atoms with Crippen molar-refractivity contribution in [2.24, 2.45) is 0 Å². The van der Waals surface area contributed by atoms with Crippen molar-refractivity contribution in [3.63, 3.8) is 0 Å². The second-order valence-corrected chi connectivity index (χ2v) is 2.99. The van der Waals surface area contributed by atoms with Gasteiger partial charge in [0.05, 0.1) is 10.6 Å². The molecule has 0 aliphatic heterocycles. The van der Waals surface area contributed by atoms with Gasteiger partial charge in [-0.1, -0.05) is 11.6 Å². The van der Waals surface area contributed by atoms with Crippen molar-refractivity contribution in [3.05, 3.63) is 28.3 Å². The molecule has 74 valence electrons. The second kappa shape index (κ2) is 4.25. The quantitative estimate of drug-likeness (QED) is 0.763. The van der Waals surface area contributed by atoms with Crippen LogP contribution < -0.4 is 4.74 Å². The maximum absolute atomic E-state index is 11.8. The van der Waals surface area contributed by atoms with Crippen molar-refractivity contribution in [3.8, 4) is 11.8 Å². The van der Waals surface area contributed by atoms with Crippen molar-refractivity contribution < 1.29 is 13.5 Å². The van der Waals surface area contributed by atoms with Crippen LogP contribution in [-0.2, 0) is 0 Å². The fourth-order valence-electron chi connectivity index (χ4n) is 1.03. The van der Waals surface area contributed by atoms with Crippen LogP contribution in [0.5, 0.6) is 5.75 Å². The molecule has 1 rings (SSSR count). The topological polar surface area (TPSA) is 33.0 Å². The Morgan fingerprint density at radius 1 is 1.50 bits per heavy atom. The van der Waals surface area contributed by atoms with E-state index in [2.05, 4.69) is 4.74 Å². The number of rotatable bonds is 2. The van der Waals surface area contributed by atoms with E-state index in [1.54, 1.807) is 6.92 Å². The van der Waals surface area contributed by atoms with Gasteiger partial charge in [-0.05, 0) is 18.6 Å². The van der Waals surface area contributed by atoms with E-state index in [4.69, 9.17) is 16.9 Å². The summed E-state index contributed by atoms with van der Waals surface area (Å²) in [7, 11) is 0. The van der Waals surface area contributed by atoms with E-state index >= 15 is 0 Å². The van der Waals surface area contributed by atoms with Crippen LogP contribution in [0.2, 0.25) is 5.02 Å². The highest BCUT2D eigenvalue weighted by molar-refractivity contribution is 6.32. The molecule has 0 bridgehead atoms. The molecule has 0 fully saturated rings. The number of benzene rings is 1. The van der Waals surface area contributed by atoms with Gasteiger partial charge in [-0.25, -0.2) is 0 Å². The number of hydrogen-bond acceptors (Lipinski definition) is 2. The molecule has 0 aliphatic rings. The number of nitriles is 1. The average molecular weight is 218 g/mol. The highest BCUT2D eigenvalue weighted by Crippen LogP contribution is 2.26. The summed E-state index contributed by atoms with van der Waals surface area (Å²) < 4.78 is 27.8. The Kier molecular flexibility index (Phi) is 3.26. The van der Waals surface area contributed by atoms with Crippen LogP contribution in [0.1, 0.15) is 11.1 Å². The van der Waals surface area contributed by atoms with E-state index in [9.17, 15) is 8.78 Å². The van der Waals surface area contributed by atoms with Crippen LogP contribution in [0.4, 0.5) is 8.78 Å². The summed E-state index contributed by atoms with van der Waals surface area (Å²) in [5, 5.41) is 8.76. The summed E-state index contributed by atoms with van der Waals surface area (Å²) in [5.74, 6) is -0.0403. The molecule has 0 aromatic heterocycles. The van der Waals surface area contributed by atoms with Crippen LogP contribution in [0.3, 0.4) is 0 Å². The minimum atomic E-state index is -2.89. The Balaban J connectivity index is 3.09. The third-order valence-electron chi connectivity index (χ3n) is 1.60. The van der Waals surface area contributed by atoms with Crippen LogP contribution in [-0.4, -0.2) is 6.61 Å². The zero-order valence-corrected chi connectivity index (χ0v) is 7.98. The van der Waals surface area contributed by atoms with Gasteiger partial charge in [0.25, 0.3) is 0 Å². The molecule has 2 nitrogen and oxygen atoms in total. The molecule has 0 saturated carbocycles. The molecule has 0 amide bonds. The predicted molar refractivity (Wildman–Crippen MR) is 47.5 cm³/mol. The maximum atomic E-state index is 11.8. The lowest BCUT2D eigenvalue weighted by atomic mass is 10.1. The Morgan fingerprint density at radius 2 is 2.14 bits per heavy atom. The van der Waals surface area contributed by atoms with Crippen LogP contribution in [0.15, 0.2) is 12.1 Å². The van der Waals surface area contributed by atoms with E-state index in [0.29, 0.717) is 5.56 Å². The first-order valence-corrected chi connectivity index (χ1v) is 4.07. The van der Waals surface area contributed by atoms with Gasteiger partial charge < -0.3 is 4.74 Å².